The van der Waals surface area contributed by atoms with Crippen LogP contribution in [0.4, 0.5) is 0 Å². The van der Waals surface area contributed by atoms with Gasteiger partial charge in [0.1, 0.15) is 17.2 Å². The van der Waals surface area contributed by atoms with Crippen molar-refractivity contribution in [3.63, 3.8) is 0 Å². The highest BCUT2D eigenvalue weighted by Crippen LogP contribution is 2.41. The lowest BCUT2D eigenvalue weighted by Crippen LogP contribution is -2.34. The largest absolute Gasteiger partial charge is 0.508 e. The summed E-state index contributed by atoms with van der Waals surface area (Å²) in [5, 5.41) is 24.2. The molecule has 0 bridgehead atoms. The van der Waals surface area contributed by atoms with Crippen LogP contribution in [0.5, 0.6) is 11.5 Å². The Balaban J connectivity index is 1.71. The minimum atomic E-state index is -0.301. The summed E-state index contributed by atoms with van der Waals surface area (Å²) in [4.78, 5) is 16.2. The summed E-state index contributed by atoms with van der Waals surface area (Å²) < 4.78 is 7.90. The van der Waals surface area contributed by atoms with Crippen molar-refractivity contribution in [2.24, 2.45) is 0 Å². The fourth-order valence-corrected chi connectivity index (χ4v) is 5.35. The van der Waals surface area contributed by atoms with Crippen LogP contribution >= 0.6 is 0 Å². The van der Waals surface area contributed by atoms with E-state index in [2.05, 4.69) is 26.9 Å². The zero-order chi connectivity index (χ0) is 26.6. The lowest BCUT2D eigenvalue weighted by Gasteiger charge is -2.22. The van der Waals surface area contributed by atoms with Gasteiger partial charge in [0.15, 0.2) is 0 Å². The second-order valence-electron chi connectivity index (χ2n) is 10.2. The number of benzene rings is 3. The van der Waals surface area contributed by atoms with Gasteiger partial charge in [-0.2, -0.15) is 0 Å². The van der Waals surface area contributed by atoms with Crippen molar-refractivity contribution >= 4 is 16.8 Å². The van der Waals surface area contributed by atoms with Gasteiger partial charge in [-0.3, -0.25) is 4.79 Å². The number of para-hydroxylation sites is 1. The van der Waals surface area contributed by atoms with Gasteiger partial charge >= 0.3 is 0 Å². The van der Waals surface area contributed by atoms with E-state index in [1.807, 2.05) is 50.5 Å². The molecule has 0 saturated carbocycles. The second kappa shape index (κ2) is 11.3. The molecule has 1 atom stereocenters. The van der Waals surface area contributed by atoms with Gasteiger partial charge in [-0.25, -0.2) is 0 Å². The number of carbonyl (C=O) groups is 1. The van der Waals surface area contributed by atoms with Gasteiger partial charge in [-0.1, -0.05) is 42.5 Å². The number of rotatable bonds is 9. The third-order valence-corrected chi connectivity index (χ3v) is 7.25. The third kappa shape index (κ3) is 5.39. The molecule has 1 aliphatic rings. The third-order valence-electron chi connectivity index (χ3n) is 7.25. The molecular weight excluding hydrogens is 478 g/mol. The van der Waals surface area contributed by atoms with Gasteiger partial charge in [0.2, 0.25) is 0 Å². The van der Waals surface area contributed by atoms with E-state index in [1.165, 1.54) is 0 Å². The van der Waals surface area contributed by atoms with E-state index >= 15 is 0 Å². The highest BCUT2D eigenvalue weighted by Gasteiger charge is 2.30. The summed E-state index contributed by atoms with van der Waals surface area (Å²) in [6.45, 7) is 2.62. The molecule has 4 aromatic rings. The quantitative estimate of drug-likeness (QED) is 0.302. The number of amides is 1. The maximum absolute atomic E-state index is 14.1. The van der Waals surface area contributed by atoms with Crippen LogP contribution in [0.15, 0.2) is 72.8 Å². The first kappa shape index (κ1) is 25.8. The number of phenolic OH excluding ortho intramolecular Hbond substituents is 2. The molecule has 1 aliphatic heterocycles. The topological polar surface area (TPSA) is 87.0 Å². The Hall–Kier alpha value is -3.81. The van der Waals surface area contributed by atoms with Crippen molar-refractivity contribution in [3.05, 3.63) is 95.2 Å². The molecule has 7 heteroatoms. The van der Waals surface area contributed by atoms with Crippen molar-refractivity contribution in [1.29, 1.82) is 0 Å². The zero-order valence-electron chi connectivity index (χ0n) is 21.9. The van der Waals surface area contributed by atoms with Crippen LogP contribution in [-0.2, 0) is 11.3 Å². The zero-order valence-corrected chi connectivity index (χ0v) is 21.9. The Labute approximate surface area is 223 Å². The number of carbonyl (C=O) groups excluding carboxylic acids is 1. The average molecular weight is 514 g/mol. The van der Waals surface area contributed by atoms with Gasteiger partial charge in [-0.05, 0) is 68.4 Å². The summed E-state index contributed by atoms with van der Waals surface area (Å²) in [7, 11) is 4.05. The van der Waals surface area contributed by atoms with Crippen molar-refractivity contribution in [1.82, 2.24) is 14.8 Å². The highest BCUT2D eigenvalue weighted by molar-refractivity contribution is 6.03. The molecule has 5 rings (SSSR count). The molecule has 7 nitrogen and oxygen atoms in total. The van der Waals surface area contributed by atoms with Crippen LogP contribution in [0.25, 0.3) is 10.9 Å². The van der Waals surface area contributed by atoms with E-state index in [4.69, 9.17) is 4.74 Å². The number of phenols is 2. The van der Waals surface area contributed by atoms with Crippen molar-refractivity contribution in [3.8, 4) is 11.5 Å². The first-order valence-electron chi connectivity index (χ1n) is 13.2. The molecule has 1 saturated heterocycles. The molecular formula is C31H35N3O4. The van der Waals surface area contributed by atoms with E-state index < -0.39 is 0 Å². The lowest BCUT2D eigenvalue weighted by atomic mass is 9.83. The number of ether oxygens (including phenoxy) is 1. The number of aromatic nitrogens is 1. The summed E-state index contributed by atoms with van der Waals surface area (Å²) >= 11 is 0. The summed E-state index contributed by atoms with van der Waals surface area (Å²) in [6.07, 6.45) is 1.99. The monoisotopic (exact) mass is 513 g/mol. The fraction of sp³-hybridized carbons (Fsp3) is 0.323. The average Bonchev–Trinajstić information content (AvgIpc) is 3.55. The first-order valence-corrected chi connectivity index (χ1v) is 13.2. The number of nitrogens with one attached hydrogen (secondary N) is 1. The van der Waals surface area contributed by atoms with Crippen LogP contribution in [0.2, 0.25) is 0 Å². The maximum atomic E-state index is 14.1. The number of nitrogens with zero attached hydrogens (tertiary/aromatic N) is 2. The number of hydrogen-bond acceptors (Lipinski definition) is 5. The van der Waals surface area contributed by atoms with E-state index in [0.29, 0.717) is 18.8 Å². The number of likely N-dealkylation sites (N-methyl/N-ethyl adjacent to an activating group) is 1. The maximum Gasteiger partial charge on any atom is 0.268 e. The minimum Gasteiger partial charge on any atom is -0.508 e. The van der Waals surface area contributed by atoms with Crippen molar-refractivity contribution in [2.45, 2.75) is 31.4 Å². The molecule has 0 spiro atoms. The minimum absolute atomic E-state index is 0.0343. The fourth-order valence-electron chi connectivity index (χ4n) is 5.35. The van der Waals surface area contributed by atoms with Crippen LogP contribution in [-0.4, -0.2) is 65.5 Å². The normalized spacial score (nSPS) is 15.5. The SMILES string of the molecule is CN(C)CCn1c(C(=O)NCC2CCCO2)c(C(c2ccc(O)cc2)c2ccc(O)cc2)c2ccccc21. The molecule has 0 aliphatic carbocycles. The molecule has 2 heterocycles. The Bertz CT molecular complexity index is 1340. The predicted octanol–water partition coefficient (Wildman–Crippen LogP) is 4.70. The van der Waals surface area contributed by atoms with E-state index in [-0.39, 0.29) is 29.4 Å². The Morgan fingerprint density at radius 3 is 2.21 bits per heavy atom. The molecule has 3 aromatic carbocycles. The van der Waals surface area contributed by atoms with E-state index in [0.717, 1.165) is 53.6 Å². The van der Waals surface area contributed by atoms with E-state index in [9.17, 15) is 15.0 Å². The highest BCUT2D eigenvalue weighted by atomic mass is 16.5. The predicted molar refractivity (Wildman–Crippen MR) is 149 cm³/mol. The summed E-state index contributed by atoms with van der Waals surface area (Å²) in [5.74, 6) is -0.0690. The molecule has 1 aromatic heterocycles. The Morgan fingerprint density at radius 1 is 1.00 bits per heavy atom. The molecule has 1 amide bonds. The van der Waals surface area contributed by atoms with Crippen LogP contribution in [0.1, 0.15) is 45.9 Å². The van der Waals surface area contributed by atoms with Gasteiger partial charge < -0.3 is 29.7 Å². The molecule has 1 unspecified atom stereocenters. The van der Waals surface area contributed by atoms with Gasteiger partial charge in [-0.15, -0.1) is 0 Å². The number of aromatic hydroxyl groups is 2. The van der Waals surface area contributed by atoms with Crippen molar-refractivity contribution in [2.75, 3.05) is 33.8 Å². The molecule has 198 valence electrons. The molecule has 1 fully saturated rings. The smallest absolute Gasteiger partial charge is 0.268 e. The van der Waals surface area contributed by atoms with Crippen LogP contribution < -0.4 is 5.32 Å². The van der Waals surface area contributed by atoms with Gasteiger partial charge in [0.05, 0.1) is 6.10 Å². The lowest BCUT2D eigenvalue weighted by molar-refractivity contribution is 0.0849. The van der Waals surface area contributed by atoms with Crippen LogP contribution in [0.3, 0.4) is 0 Å². The second-order valence-corrected chi connectivity index (χ2v) is 10.2. The molecule has 38 heavy (non-hydrogen) atoms. The van der Waals surface area contributed by atoms with Crippen LogP contribution in [0, 0.1) is 0 Å². The number of hydrogen-bond donors (Lipinski definition) is 3. The molecule has 3 N–H and O–H groups in total. The standard InChI is InChI=1S/C31H35N3O4/c1-33(2)17-18-34-27-8-4-3-7-26(27)29(30(34)31(37)32-20-25-6-5-19-38-25)28(21-9-13-23(35)14-10-21)22-11-15-24(36)16-12-22/h3-4,7-16,25,28,35-36H,5-6,17-20H2,1-2H3,(H,32,37). The van der Waals surface area contributed by atoms with Gasteiger partial charge in [0.25, 0.3) is 5.91 Å². The number of fused-ring (bicyclic) bond motifs is 1. The van der Waals surface area contributed by atoms with Crippen molar-refractivity contribution < 1.29 is 19.7 Å². The molecule has 0 radical (unpaired) electrons. The van der Waals surface area contributed by atoms with E-state index in [1.54, 1.807) is 24.3 Å². The summed E-state index contributed by atoms with van der Waals surface area (Å²) in [6, 6.07) is 22.4. The summed E-state index contributed by atoms with van der Waals surface area (Å²) in [5.41, 5.74) is 4.40. The Kier molecular flexibility index (Phi) is 7.67. The Morgan fingerprint density at radius 2 is 1.63 bits per heavy atom. The first-order chi connectivity index (χ1) is 18.4. The van der Waals surface area contributed by atoms with Gasteiger partial charge in [0, 0.05) is 48.6 Å².